The van der Waals surface area contributed by atoms with Gasteiger partial charge in [-0.15, -0.1) is 0 Å². The lowest BCUT2D eigenvalue weighted by atomic mass is 10.1. The summed E-state index contributed by atoms with van der Waals surface area (Å²) in [7, 11) is 0. The molecule has 1 aromatic heterocycles. The quantitative estimate of drug-likeness (QED) is 0.818. The van der Waals surface area contributed by atoms with Gasteiger partial charge in [0, 0.05) is 38.1 Å². The van der Waals surface area contributed by atoms with E-state index < -0.39 is 0 Å². The van der Waals surface area contributed by atoms with E-state index >= 15 is 0 Å². The summed E-state index contributed by atoms with van der Waals surface area (Å²) < 4.78 is 0. The molecule has 4 heteroatoms. The fraction of sp³-hybridized carbons (Fsp3) is 0.308. The third kappa shape index (κ3) is 2.17. The second-order valence-electron chi connectivity index (χ2n) is 4.25. The van der Waals surface area contributed by atoms with Crippen LogP contribution in [0, 0.1) is 0 Å². The average Bonchev–Trinajstić information content (AvgIpc) is 2.94. The minimum atomic E-state index is 1.07. The van der Waals surface area contributed by atoms with Crippen molar-refractivity contribution in [1.82, 2.24) is 15.5 Å². The van der Waals surface area contributed by atoms with Crippen molar-refractivity contribution in [2.45, 2.75) is 0 Å². The van der Waals surface area contributed by atoms with Crippen molar-refractivity contribution in [1.29, 1.82) is 0 Å². The standard InChI is InChI=1S/C13H16N4/c1-3-12(17-9-7-14-8-10-17)4-2-11(1)13-5-6-15-16-13/h1-6,14H,7-10H2,(H,15,16). The first kappa shape index (κ1) is 10.4. The van der Waals surface area contributed by atoms with Crippen LogP contribution in [0.4, 0.5) is 5.69 Å². The molecule has 88 valence electrons. The third-order valence-corrected chi connectivity index (χ3v) is 3.16. The zero-order valence-electron chi connectivity index (χ0n) is 9.69. The van der Waals surface area contributed by atoms with Crippen LogP contribution >= 0.6 is 0 Å². The summed E-state index contributed by atoms with van der Waals surface area (Å²) in [5, 5.41) is 10.3. The number of piperazine rings is 1. The van der Waals surface area contributed by atoms with Crippen LogP contribution in [0.1, 0.15) is 0 Å². The van der Waals surface area contributed by atoms with Gasteiger partial charge >= 0.3 is 0 Å². The topological polar surface area (TPSA) is 44.0 Å². The summed E-state index contributed by atoms with van der Waals surface area (Å²) in [6.45, 7) is 4.32. The van der Waals surface area contributed by atoms with Crippen LogP contribution in [0.3, 0.4) is 0 Å². The van der Waals surface area contributed by atoms with Crippen LogP contribution < -0.4 is 10.2 Å². The highest BCUT2D eigenvalue weighted by Crippen LogP contribution is 2.21. The first-order chi connectivity index (χ1) is 8.43. The van der Waals surface area contributed by atoms with Crippen molar-refractivity contribution in [2.24, 2.45) is 0 Å². The van der Waals surface area contributed by atoms with Crippen LogP contribution in [0.5, 0.6) is 0 Å². The lowest BCUT2D eigenvalue weighted by molar-refractivity contribution is 0.589. The fourth-order valence-electron chi connectivity index (χ4n) is 2.19. The van der Waals surface area contributed by atoms with E-state index in [-0.39, 0.29) is 0 Å². The van der Waals surface area contributed by atoms with E-state index in [9.17, 15) is 0 Å². The van der Waals surface area contributed by atoms with Crippen molar-refractivity contribution in [3.05, 3.63) is 36.5 Å². The second kappa shape index (κ2) is 4.59. The number of rotatable bonds is 2. The molecule has 3 rings (SSSR count). The maximum Gasteiger partial charge on any atom is 0.0650 e. The number of hydrogen-bond donors (Lipinski definition) is 2. The van der Waals surface area contributed by atoms with Crippen LogP contribution in [0.15, 0.2) is 36.5 Å². The molecule has 0 atom stereocenters. The summed E-state index contributed by atoms with van der Waals surface area (Å²) >= 11 is 0. The molecule has 2 heterocycles. The van der Waals surface area contributed by atoms with Gasteiger partial charge in [0.25, 0.3) is 0 Å². The highest BCUT2D eigenvalue weighted by Gasteiger charge is 2.10. The van der Waals surface area contributed by atoms with Crippen LogP contribution in [-0.4, -0.2) is 36.4 Å². The second-order valence-corrected chi connectivity index (χ2v) is 4.25. The van der Waals surface area contributed by atoms with E-state index in [4.69, 9.17) is 0 Å². The maximum absolute atomic E-state index is 3.97. The Morgan fingerprint density at radius 3 is 2.41 bits per heavy atom. The molecule has 2 N–H and O–H groups in total. The predicted octanol–water partition coefficient (Wildman–Crippen LogP) is 1.49. The van der Waals surface area contributed by atoms with Gasteiger partial charge in [-0.2, -0.15) is 5.10 Å². The van der Waals surface area contributed by atoms with Gasteiger partial charge in [-0.3, -0.25) is 5.10 Å². The molecule has 17 heavy (non-hydrogen) atoms. The molecule has 0 radical (unpaired) electrons. The number of hydrogen-bond acceptors (Lipinski definition) is 3. The molecule has 0 bridgehead atoms. The van der Waals surface area contributed by atoms with Gasteiger partial charge in [-0.1, -0.05) is 12.1 Å². The average molecular weight is 228 g/mol. The van der Waals surface area contributed by atoms with E-state index in [1.807, 2.05) is 6.07 Å². The number of nitrogens with one attached hydrogen (secondary N) is 2. The van der Waals surface area contributed by atoms with Crippen molar-refractivity contribution < 1.29 is 0 Å². The molecular weight excluding hydrogens is 212 g/mol. The van der Waals surface area contributed by atoms with E-state index in [0.29, 0.717) is 0 Å². The van der Waals surface area contributed by atoms with E-state index in [2.05, 4.69) is 44.7 Å². The van der Waals surface area contributed by atoms with Crippen LogP contribution in [0.2, 0.25) is 0 Å². The molecule has 0 spiro atoms. The first-order valence-corrected chi connectivity index (χ1v) is 5.99. The zero-order valence-corrected chi connectivity index (χ0v) is 9.69. The summed E-state index contributed by atoms with van der Waals surface area (Å²) in [5.74, 6) is 0. The van der Waals surface area contributed by atoms with Crippen molar-refractivity contribution in [3.8, 4) is 11.3 Å². The van der Waals surface area contributed by atoms with Gasteiger partial charge in [-0.05, 0) is 23.8 Å². The Hall–Kier alpha value is -1.81. The van der Waals surface area contributed by atoms with Gasteiger partial charge in [0.15, 0.2) is 0 Å². The van der Waals surface area contributed by atoms with Crippen molar-refractivity contribution in [2.75, 3.05) is 31.1 Å². The highest BCUT2D eigenvalue weighted by atomic mass is 15.2. The fourth-order valence-corrected chi connectivity index (χ4v) is 2.19. The lowest BCUT2D eigenvalue weighted by Crippen LogP contribution is -2.43. The molecule has 0 unspecified atom stereocenters. The van der Waals surface area contributed by atoms with E-state index in [1.165, 1.54) is 11.3 Å². The van der Waals surface area contributed by atoms with Crippen molar-refractivity contribution >= 4 is 5.69 Å². The van der Waals surface area contributed by atoms with Crippen molar-refractivity contribution in [3.63, 3.8) is 0 Å². The number of aromatic nitrogens is 2. The summed E-state index contributed by atoms with van der Waals surface area (Å²) in [4.78, 5) is 2.41. The minimum absolute atomic E-state index is 1.07. The molecule has 1 aliphatic heterocycles. The van der Waals surface area contributed by atoms with E-state index in [1.54, 1.807) is 6.20 Å². The SMILES string of the molecule is c1cc(-c2ccc(N3CCNCC3)cc2)[nH]n1. The van der Waals surface area contributed by atoms with Gasteiger partial charge in [-0.25, -0.2) is 0 Å². The molecular formula is C13H16N4. The summed E-state index contributed by atoms with van der Waals surface area (Å²) in [5.41, 5.74) is 3.55. The number of nitrogens with zero attached hydrogens (tertiary/aromatic N) is 2. The lowest BCUT2D eigenvalue weighted by Gasteiger charge is -2.29. The van der Waals surface area contributed by atoms with Crippen LogP contribution in [0.25, 0.3) is 11.3 Å². The number of anilines is 1. The Balaban J connectivity index is 1.80. The Kier molecular flexibility index (Phi) is 2.80. The summed E-state index contributed by atoms with van der Waals surface area (Å²) in [6, 6.07) is 10.6. The maximum atomic E-state index is 3.97. The molecule has 1 saturated heterocycles. The van der Waals surface area contributed by atoms with Crippen LogP contribution in [-0.2, 0) is 0 Å². The highest BCUT2D eigenvalue weighted by molar-refractivity contribution is 5.62. The number of benzene rings is 1. The summed E-state index contributed by atoms with van der Waals surface area (Å²) in [6.07, 6.45) is 1.78. The Bertz CT molecular complexity index is 455. The predicted molar refractivity (Wildman–Crippen MR) is 69.1 cm³/mol. The molecule has 2 aromatic rings. The number of H-pyrrole nitrogens is 1. The Labute approximate surface area is 101 Å². The molecule has 0 aliphatic carbocycles. The Morgan fingerprint density at radius 2 is 1.76 bits per heavy atom. The molecule has 1 aliphatic rings. The molecule has 1 aromatic carbocycles. The largest absolute Gasteiger partial charge is 0.369 e. The Morgan fingerprint density at radius 1 is 1.00 bits per heavy atom. The molecule has 0 amide bonds. The molecule has 4 nitrogen and oxygen atoms in total. The van der Waals surface area contributed by atoms with Gasteiger partial charge in [0.05, 0.1) is 5.69 Å². The molecule has 0 saturated carbocycles. The van der Waals surface area contributed by atoms with Gasteiger partial charge in [0.2, 0.25) is 0 Å². The van der Waals surface area contributed by atoms with Gasteiger partial charge < -0.3 is 10.2 Å². The monoisotopic (exact) mass is 228 g/mol. The van der Waals surface area contributed by atoms with Gasteiger partial charge in [0.1, 0.15) is 0 Å². The molecule has 1 fully saturated rings. The minimum Gasteiger partial charge on any atom is -0.369 e. The van der Waals surface area contributed by atoms with E-state index in [0.717, 1.165) is 31.9 Å². The normalized spacial score (nSPS) is 16.1. The third-order valence-electron chi connectivity index (χ3n) is 3.16. The zero-order chi connectivity index (χ0) is 11.5. The first-order valence-electron chi connectivity index (χ1n) is 5.99. The number of aromatic amines is 1. The smallest absolute Gasteiger partial charge is 0.0650 e.